The van der Waals surface area contributed by atoms with E-state index < -0.39 is 10.7 Å². The smallest absolute Gasteiger partial charge is 0.310 e. The molecular formula is C14H17N3O4. The highest BCUT2D eigenvalue weighted by molar-refractivity contribution is 5.95. The van der Waals surface area contributed by atoms with Crippen molar-refractivity contribution in [1.29, 1.82) is 0 Å². The van der Waals surface area contributed by atoms with Gasteiger partial charge in [0.2, 0.25) is 0 Å². The summed E-state index contributed by atoms with van der Waals surface area (Å²) in [6, 6.07) is 4.17. The zero-order valence-corrected chi connectivity index (χ0v) is 11.5. The molecule has 2 bridgehead atoms. The summed E-state index contributed by atoms with van der Waals surface area (Å²) in [7, 11) is 0. The van der Waals surface area contributed by atoms with E-state index in [-0.39, 0.29) is 23.7 Å². The first-order valence-corrected chi connectivity index (χ1v) is 7.08. The fraction of sp³-hybridized carbons (Fsp3) is 0.500. The quantitative estimate of drug-likeness (QED) is 0.632. The first-order chi connectivity index (χ1) is 10.1. The van der Waals surface area contributed by atoms with E-state index in [4.69, 9.17) is 0 Å². The molecule has 2 heterocycles. The van der Waals surface area contributed by atoms with Crippen molar-refractivity contribution in [1.82, 2.24) is 10.2 Å². The van der Waals surface area contributed by atoms with Crippen LogP contribution in [0.5, 0.6) is 5.75 Å². The van der Waals surface area contributed by atoms with Crippen LogP contribution in [0.3, 0.4) is 0 Å². The van der Waals surface area contributed by atoms with Crippen LogP contribution in [-0.4, -0.2) is 46.0 Å². The number of hydrogen-bond acceptors (Lipinski definition) is 5. The average molecular weight is 291 g/mol. The van der Waals surface area contributed by atoms with Gasteiger partial charge in [-0.15, -0.1) is 0 Å². The Hall–Kier alpha value is -2.15. The van der Waals surface area contributed by atoms with Crippen molar-refractivity contribution in [3.63, 3.8) is 0 Å². The summed E-state index contributed by atoms with van der Waals surface area (Å²) in [6.45, 7) is 1.68. The van der Waals surface area contributed by atoms with Gasteiger partial charge in [0, 0.05) is 30.3 Å². The normalized spacial score (nSPS) is 24.7. The number of nitro groups is 1. The van der Waals surface area contributed by atoms with E-state index in [2.05, 4.69) is 5.32 Å². The Morgan fingerprint density at radius 3 is 2.81 bits per heavy atom. The molecule has 1 aromatic rings. The second-order valence-electron chi connectivity index (χ2n) is 5.55. The molecule has 7 nitrogen and oxygen atoms in total. The molecule has 1 aromatic carbocycles. The minimum atomic E-state index is -0.664. The molecule has 2 N–H and O–H groups in total. The lowest BCUT2D eigenvalue weighted by Gasteiger charge is -2.28. The number of fused-ring (bicyclic) bond motifs is 2. The summed E-state index contributed by atoms with van der Waals surface area (Å²) in [6.07, 6.45) is 2.89. The maximum Gasteiger partial charge on any atom is 0.310 e. The lowest BCUT2D eigenvalue weighted by Crippen LogP contribution is -2.42. The molecule has 2 aliphatic heterocycles. The second kappa shape index (κ2) is 5.33. The number of hydrogen-bond donors (Lipinski definition) is 2. The number of carbonyl (C=O) groups excluding carboxylic acids is 1. The largest absolute Gasteiger partial charge is 0.502 e. The molecular weight excluding hydrogens is 274 g/mol. The number of rotatable bonds is 2. The lowest BCUT2D eigenvalue weighted by molar-refractivity contribution is -0.385. The van der Waals surface area contributed by atoms with Crippen molar-refractivity contribution in [2.75, 3.05) is 13.1 Å². The van der Waals surface area contributed by atoms with Gasteiger partial charge in [-0.1, -0.05) is 0 Å². The van der Waals surface area contributed by atoms with Crippen molar-refractivity contribution in [2.45, 2.75) is 31.3 Å². The van der Waals surface area contributed by atoms with E-state index in [1.807, 2.05) is 4.90 Å². The molecule has 2 unspecified atom stereocenters. The Labute approximate surface area is 121 Å². The maximum absolute atomic E-state index is 12.7. The summed E-state index contributed by atoms with van der Waals surface area (Å²) < 4.78 is 0. The Morgan fingerprint density at radius 1 is 1.33 bits per heavy atom. The van der Waals surface area contributed by atoms with Gasteiger partial charge in [0.1, 0.15) is 0 Å². The van der Waals surface area contributed by atoms with Gasteiger partial charge in [-0.2, -0.15) is 0 Å². The predicted octanol–water partition coefficient (Wildman–Crippen LogP) is 1.27. The molecule has 3 rings (SSSR count). The van der Waals surface area contributed by atoms with Crippen LogP contribution in [0.15, 0.2) is 18.2 Å². The summed E-state index contributed by atoms with van der Waals surface area (Å²) in [5.74, 6) is -0.623. The number of aromatic hydroxyl groups is 1. The van der Waals surface area contributed by atoms with Crippen LogP contribution in [0.4, 0.5) is 5.69 Å². The summed E-state index contributed by atoms with van der Waals surface area (Å²) >= 11 is 0. The van der Waals surface area contributed by atoms with E-state index in [0.29, 0.717) is 5.56 Å². The van der Waals surface area contributed by atoms with Crippen LogP contribution in [0.2, 0.25) is 0 Å². The monoisotopic (exact) mass is 291 g/mol. The maximum atomic E-state index is 12.7. The van der Waals surface area contributed by atoms with Crippen LogP contribution in [-0.2, 0) is 0 Å². The number of nitrogens with one attached hydrogen (secondary N) is 1. The topological polar surface area (TPSA) is 95.7 Å². The summed E-state index contributed by atoms with van der Waals surface area (Å²) in [4.78, 5) is 24.6. The van der Waals surface area contributed by atoms with Crippen molar-refractivity contribution >= 4 is 11.6 Å². The van der Waals surface area contributed by atoms with Gasteiger partial charge in [0.05, 0.1) is 4.92 Å². The Balaban J connectivity index is 1.88. The fourth-order valence-electron chi connectivity index (χ4n) is 3.27. The zero-order valence-electron chi connectivity index (χ0n) is 11.5. The first-order valence-electron chi connectivity index (χ1n) is 7.08. The number of phenols is 1. The van der Waals surface area contributed by atoms with Gasteiger partial charge < -0.3 is 15.3 Å². The van der Waals surface area contributed by atoms with Crippen molar-refractivity contribution in [3.05, 3.63) is 33.9 Å². The highest BCUT2D eigenvalue weighted by atomic mass is 16.6. The van der Waals surface area contributed by atoms with Gasteiger partial charge in [-0.25, -0.2) is 0 Å². The number of phenolic OH excluding ortho intramolecular Hbond substituents is 1. The van der Waals surface area contributed by atoms with Gasteiger partial charge in [-0.3, -0.25) is 14.9 Å². The number of carbonyl (C=O) groups is 1. The third-order valence-electron chi connectivity index (χ3n) is 4.31. The second-order valence-corrected chi connectivity index (χ2v) is 5.55. The van der Waals surface area contributed by atoms with Crippen LogP contribution in [0, 0.1) is 10.1 Å². The van der Waals surface area contributed by atoms with E-state index in [9.17, 15) is 20.0 Å². The highest BCUT2D eigenvalue weighted by Gasteiger charge is 2.38. The van der Waals surface area contributed by atoms with E-state index in [0.717, 1.165) is 32.4 Å². The highest BCUT2D eigenvalue weighted by Crippen LogP contribution is 2.32. The number of nitrogens with zero attached hydrogens (tertiary/aromatic N) is 2. The SMILES string of the molecule is O=C(c1ccc([N+](=O)[O-])c(O)c1)N1C2CCNCC1CC2. The molecule has 0 saturated carbocycles. The molecule has 2 atom stereocenters. The molecule has 2 aliphatic rings. The number of nitro benzene ring substituents is 1. The Morgan fingerprint density at radius 2 is 2.10 bits per heavy atom. The molecule has 112 valence electrons. The molecule has 0 radical (unpaired) electrons. The Bertz CT molecular complexity index is 576. The zero-order chi connectivity index (χ0) is 15.0. The van der Waals surface area contributed by atoms with Crippen molar-refractivity contribution < 1.29 is 14.8 Å². The molecule has 2 fully saturated rings. The van der Waals surface area contributed by atoms with Gasteiger partial charge >= 0.3 is 5.69 Å². The number of benzene rings is 1. The fourth-order valence-corrected chi connectivity index (χ4v) is 3.27. The molecule has 2 saturated heterocycles. The predicted molar refractivity (Wildman–Crippen MR) is 75.2 cm³/mol. The summed E-state index contributed by atoms with van der Waals surface area (Å²) in [5, 5.41) is 23.7. The first kappa shape index (κ1) is 13.8. The van der Waals surface area contributed by atoms with E-state index in [1.54, 1.807) is 0 Å². The van der Waals surface area contributed by atoms with Crippen LogP contribution < -0.4 is 5.32 Å². The van der Waals surface area contributed by atoms with E-state index >= 15 is 0 Å². The molecule has 0 aromatic heterocycles. The molecule has 0 spiro atoms. The van der Waals surface area contributed by atoms with E-state index in [1.165, 1.54) is 18.2 Å². The minimum Gasteiger partial charge on any atom is -0.502 e. The molecule has 0 aliphatic carbocycles. The van der Waals surface area contributed by atoms with Crippen LogP contribution in [0.25, 0.3) is 0 Å². The van der Waals surface area contributed by atoms with Crippen LogP contribution >= 0.6 is 0 Å². The number of amides is 1. The third kappa shape index (κ3) is 2.44. The third-order valence-corrected chi connectivity index (χ3v) is 4.31. The minimum absolute atomic E-state index is 0.156. The lowest BCUT2D eigenvalue weighted by atomic mass is 10.1. The van der Waals surface area contributed by atoms with Gasteiger partial charge in [-0.05, 0) is 37.9 Å². The molecule has 1 amide bonds. The van der Waals surface area contributed by atoms with Crippen molar-refractivity contribution in [2.24, 2.45) is 0 Å². The Kier molecular flexibility index (Phi) is 3.50. The molecule has 21 heavy (non-hydrogen) atoms. The summed E-state index contributed by atoms with van der Waals surface area (Å²) in [5.41, 5.74) is -0.0797. The van der Waals surface area contributed by atoms with Crippen molar-refractivity contribution in [3.8, 4) is 5.75 Å². The molecule has 7 heteroatoms. The van der Waals surface area contributed by atoms with Crippen LogP contribution in [0.1, 0.15) is 29.6 Å². The van der Waals surface area contributed by atoms with Gasteiger partial charge in [0.25, 0.3) is 5.91 Å². The standard InChI is InChI=1S/C14H17N3O4/c18-13-7-9(1-4-12(13)17(20)21)14(19)16-10-2-3-11(16)8-15-6-5-10/h1,4,7,10-11,15,18H,2-3,5-6,8H2. The van der Waals surface area contributed by atoms with Gasteiger partial charge in [0.15, 0.2) is 5.75 Å². The average Bonchev–Trinajstić information content (AvgIpc) is 2.70.